The SMILES string of the molecule is Cn1ncnc1NC(=O)c1cc([N+](=O)[O-])ncc1Br. The fraction of sp³-hybridized carbons (Fsp3) is 0.111. The molecule has 2 rings (SSSR count). The van der Waals surface area contributed by atoms with Crippen LogP contribution >= 0.6 is 15.9 Å². The average Bonchev–Trinajstić information content (AvgIpc) is 2.75. The highest BCUT2D eigenvalue weighted by Crippen LogP contribution is 2.20. The van der Waals surface area contributed by atoms with E-state index in [1.54, 1.807) is 7.05 Å². The second-order valence-electron chi connectivity index (χ2n) is 3.44. The zero-order valence-electron chi connectivity index (χ0n) is 9.57. The van der Waals surface area contributed by atoms with Crippen molar-refractivity contribution < 1.29 is 9.72 Å². The van der Waals surface area contributed by atoms with Crippen LogP contribution in [0.4, 0.5) is 11.8 Å². The average molecular weight is 327 g/mol. The number of anilines is 1. The third kappa shape index (κ3) is 2.73. The van der Waals surface area contributed by atoms with Crippen molar-refractivity contribution in [3.05, 3.63) is 38.7 Å². The smallest absolute Gasteiger partial charge is 0.358 e. The van der Waals surface area contributed by atoms with Gasteiger partial charge < -0.3 is 10.1 Å². The van der Waals surface area contributed by atoms with Gasteiger partial charge in [-0.1, -0.05) is 0 Å². The van der Waals surface area contributed by atoms with Crippen LogP contribution in [-0.4, -0.2) is 30.6 Å². The maximum absolute atomic E-state index is 12.0. The van der Waals surface area contributed by atoms with Crippen LogP contribution in [0, 0.1) is 10.1 Å². The molecule has 9 nitrogen and oxygen atoms in total. The molecule has 2 aromatic rings. The van der Waals surface area contributed by atoms with E-state index >= 15 is 0 Å². The van der Waals surface area contributed by atoms with Gasteiger partial charge in [0.05, 0.1) is 10.0 Å². The zero-order chi connectivity index (χ0) is 14.0. The number of carbonyl (C=O) groups excluding carboxylic acids is 1. The van der Waals surface area contributed by atoms with E-state index in [1.807, 2.05) is 0 Å². The highest BCUT2D eigenvalue weighted by molar-refractivity contribution is 9.10. The number of pyridine rings is 1. The second kappa shape index (κ2) is 5.10. The summed E-state index contributed by atoms with van der Waals surface area (Å²) in [7, 11) is 1.60. The molecule has 10 heteroatoms. The Balaban J connectivity index is 2.31. The Morgan fingerprint density at radius 2 is 2.26 bits per heavy atom. The number of amides is 1. The van der Waals surface area contributed by atoms with Crippen molar-refractivity contribution in [3.63, 3.8) is 0 Å². The molecular weight excluding hydrogens is 320 g/mol. The van der Waals surface area contributed by atoms with Crippen molar-refractivity contribution in [2.45, 2.75) is 0 Å². The minimum atomic E-state index is -0.675. The van der Waals surface area contributed by atoms with Crippen LogP contribution in [0.15, 0.2) is 23.1 Å². The van der Waals surface area contributed by atoms with Crippen LogP contribution in [0.25, 0.3) is 0 Å². The second-order valence-corrected chi connectivity index (χ2v) is 4.30. The highest BCUT2D eigenvalue weighted by atomic mass is 79.9. The lowest BCUT2D eigenvalue weighted by atomic mass is 10.2. The third-order valence-electron chi connectivity index (χ3n) is 2.21. The quantitative estimate of drug-likeness (QED) is 0.667. The third-order valence-corrected chi connectivity index (χ3v) is 2.84. The Labute approximate surface area is 114 Å². The number of hydrogen-bond donors (Lipinski definition) is 1. The number of hydrogen-bond acceptors (Lipinski definition) is 6. The largest absolute Gasteiger partial charge is 0.364 e. The fourth-order valence-corrected chi connectivity index (χ4v) is 1.68. The summed E-state index contributed by atoms with van der Waals surface area (Å²) in [5, 5.41) is 16.9. The first-order valence-electron chi connectivity index (χ1n) is 4.94. The lowest BCUT2D eigenvalue weighted by Gasteiger charge is -2.04. The molecule has 0 radical (unpaired) electrons. The molecule has 0 aliphatic heterocycles. The molecule has 1 amide bonds. The number of nitrogens with one attached hydrogen (secondary N) is 1. The van der Waals surface area contributed by atoms with Crippen LogP contribution in [-0.2, 0) is 7.05 Å². The minimum Gasteiger partial charge on any atom is -0.358 e. The maximum Gasteiger partial charge on any atom is 0.364 e. The minimum absolute atomic E-state index is 0.0877. The van der Waals surface area contributed by atoms with E-state index < -0.39 is 16.6 Å². The van der Waals surface area contributed by atoms with Crippen LogP contribution in [0.2, 0.25) is 0 Å². The van der Waals surface area contributed by atoms with Gasteiger partial charge in [0.1, 0.15) is 6.33 Å². The molecule has 19 heavy (non-hydrogen) atoms. The monoisotopic (exact) mass is 326 g/mol. The molecular formula is C9H7BrN6O3. The summed E-state index contributed by atoms with van der Waals surface area (Å²) < 4.78 is 1.71. The van der Waals surface area contributed by atoms with Crippen molar-refractivity contribution >= 4 is 33.6 Å². The van der Waals surface area contributed by atoms with E-state index in [0.717, 1.165) is 6.07 Å². The molecule has 0 aliphatic carbocycles. The molecule has 0 atom stereocenters. The van der Waals surface area contributed by atoms with Crippen LogP contribution in [0.5, 0.6) is 0 Å². The number of halogens is 1. The standard InChI is InChI=1S/C9H7BrN6O3/c1-15-9(12-4-13-15)14-8(17)5-2-7(16(18)19)11-3-6(5)10/h2-4H,1H3,(H,12,13,14,17). The van der Waals surface area contributed by atoms with Gasteiger partial charge in [0.2, 0.25) is 5.95 Å². The molecule has 0 aromatic carbocycles. The van der Waals surface area contributed by atoms with Crippen LogP contribution in [0.1, 0.15) is 10.4 Å². The maximum atomic E-state index is 12.0. The van der Waals surface area contributed by atoms with Crippen molar-refractivity contribution in [1.29, 1.82) is 0 Å². The van der Waals surface area contributed by atoms with E-state index in [9.17, 15) is 14.9 Å². The summed E-state index contributed by atoms with van der Waals surface area (Å²) in [5.41, 5.74) is 0.0877. The van der Waals surface area contributed by atoms with Crippen molar-refractivity contribution in [3.8, 4) is 0 Å². The molecule has 2 aromatic heterocycles. The molecule has 0 fully saturated rings. The Morgan fingerprint density at radius 3 is 2.84 bits per heavy atom. The summed E-state index contributed by atoms with van der Waals surface area (Å²) in [6.07, 6.45) is 2.48. The fourth-order valence-electron chi connectivity index (χ4n) is 1.28. The van der Waals surface area contributed by atoms with Gasteiger partial charge in [0, 0.05) is 13.1 Å². The van der Waals surface area contributed by atoms with Gasteiger partial charge in [0.25, 0.3) is 5.91 Å². The van der Waals surface area contributed by atoms with Crippen LogP contribution < -0.4 is 5.32 Å². The number of aryl methyl sites for hydroxylation is 1. The predicted octanol–water partition coefficient (Wildman–Crippen LogP) is 1.13. The van der Waals surface area contributed by atoms with Gasteiger partial charge in [-0.25, -0.2) is 4.68 Å². The first-order valence-corrected chi connectivity index (χ1v) is 5.73. The first kappa shape index (κ1) is 13.1. The van der Waals surface area contributed by atoms with Crippen molar-refractivity contribution in [1.82, 2.24) is 19.7 Å². The van der Waals surface area contributed by atoms with Gasteiger partial charge in [-0.15, -0.1) is 0 Å². The lowest BCUT2D eigenvalue weighted by Crippen LogP contribution is -2.16. The molecule has 0 saturated carbocycles. The van der Waals surface area contributed by atoms with Gasteiger partial charge >= 0.3 is 5.82 Å². The van der Waals surface area contributed by atoms with E-state index in [1.165, 1.54) is 17.2 Å². The van der Waals surface area contributed by atoms with E-state index in [0.29, 0.717) is 4.47 Å². The summed E-state index contributed by atoms with van der Waals surface area (Å²) in [5.74, 6) is -0.726. The normalized spacial score (nSPS) is 10.2. The number of aromatic nitrogens is 4. The van der Waals surface area contributed by atoms with Crippen molar-refractivity contribution in [2.24, 2.45) is 7.05 Å². The molecule has 2 heterocycles. The summed E-state index contributed by atoms with van der Waals surface area (Å²) >= 11 is 3.11. The molecule has 98 valence electrons. The summed E-state index contributed by atoms with van der Waals surface area (Å²) in [6, 6.07) is 1.08. The molecule has 1 N–H and O–H groups in total. The zero-order valence-corrected chi connectivity index (χ0v) is 11.2. The highest BCUT2D eigenvalue weighted by Gasteiger charge is 2.18. The molecule has 0 bridgehead atoms. The summed E-state index contributed by atoms with van der Waals surface area (Å²) in [6.45, 7) is 0. The van der Waals surface area contributed by atoms with Crippen LogP contribution in [0.3, 0.4) is 0 Å². The number of rotatable bonds is 3. The Bertz CT molecular complexity index is 655. The Hall–Kier alpha value is -2.36. The first-order chi connectivity index (χ1) is 8.99. The topological polar surface area (TPSA) is 116 Å². The van der Waals surface area contributed by atoms with E-state index in [2.05, 4.69) is 36.3 Å². The Kier molecular flexibility index (Phi) is 3.51. The van der Waals surface area contributed by atoms with Gasteiger partial charge in [-0.2, -0.15) is 10.1 Å². The van der Waals surface area contributed by atoms with E-state index in [-0.39, 0.29) is 11.5 Å². The van der Waals surface area contributed by atoms with E-state index in [4.69, 9.17) is 0 Å². The summed E-state index contributed by atoms with van der Waals surface area (Å²) in [4.78, 5) is 29.3. The van der Waals surface area contributed by atoms with Gasteiger partial charge in [-0.3, -0.25) is 10.1 Å². The van der Waals surface area contributed by atoms with Gasteiger partial charge in [0.15, 0.2) is 6.20 Å². The number of carbonyl (C=O) groups is 1. The molecule has 0 spiro atoms. The lowest BCUT2D eigenvalue weighted by molar-refractivity contribution is -0.389. The molecule has 0 aliphatic rings. The predicted molar refractivity (Wildman–Crippen MR) is 67.5 cm³/mol. The van der Waals surface area contributed by atoms with Crippen molar-refractivity contribution in [2.75, 3.05) is 5.32 Å². The Morgan fingerprint density at radius 1 is 1.53 bits per heavy atom. The molecule has 0 saturated heterocycles. The number of nitro groups is 1. The van der Waals surface area contributed by atoms with Gasteiger partial charge in [-0.05, 0) is 25.8 Å². The number of nitrogens with zero attached hydrogens (tertiary/aromatic N) is 5. The molecule has 0 unspecified atom stereocenters.